The Balaban J connectivity index is 1.72. The molecular weight excluding hydrogens is 246 g/mol. The van der Waals surface area contributed by atoms with Gasteiger partial charge in [-0.15, -0.1) is 0 Å². The summed E-state index contributed by atoms with van der Waals surface area (Å²) in [6.07, 6.45) is 3.19. The van der Waals surface area contributed by atoms with Crippen LogP contribution in [0.2, 0.25) is 0 Å². The second-order valence-corrected chi connectivity index (χ2v) is 4.46. The summed E-state index contributed by atoms with van der Waals surface area (Å²) in [4.78, 5) is 24.0. The molecule has 1 aliphatic heterocycles. The number of carbonyl (C=O) groups excluding carboxylic acids is 1. The molecule has 1 aromatic rings. The van der Waals surface area contributed by atoms with Crippen LogP contribution in [0.3, 0.4) is 0 Å². The molecule has 0 unspecified atom stereocenters. The molecule has 19 heavy (non-hydrogen) atoms. The van der Waals surface area contributed by atoms with Crippen LogP contribution < -0.4 is 5.32 Å². The number of nitrogens with zero attached hydrogens (tertiary/aromatic N) is 4. The third-order valence-electron chi connectivity index (χ3n) is 3.07. The SMILES string of the molecule is O=C(CN1CCN(CCO)CC1)Nc1ncccn1. The van der Waals surface area contributed by atoms with Gasteiger partial charge in [0.1, 0.15) is 0 Å². The molecule has 104 valence electrons. The topological polar surface area (TPSA) is 81.6 Å². The number of nitrogens with one attached hydrogen (secondary N) is 1. The van der Waals surface area contributed by atoms with Gasteiger partial charge < -0.3 is 5.11 Å². The smallest absolute Gasteiger partial charge is 0.240 e. The first-order valence-corrected chi connectivity index (χ1v) is 6.40. The van der Waals surface area contributed by atoms with Crippen LogP contribution in [-0.2, 0) is 4.79 Å². The van der Waals surface area contributed by atoms with E-state index in [2.05, 4.69) is 25.1 Å². The Labute approximate surface area is 112 Å². The monoisotopic (exact) mass is 265 g/mol. The van der Waals surface area contributed by atoms with Gasteiger partial charge in [0.25, 0.3) is 0 Å². The predicted molar refractivity (Wildman–Crippen MR) is 70.6 cm³/mol. The number of hydrogen-bond donors (Lipinski definition) is 2. The lowest BCUT2D eigenvalue weighted by Crippen LogP contribution is -2.49. The second kappa shape index (κ2) is 7.13. The van der Waals surface area contributed by atoms with Gasteiger partial charge in [-0.1, -0.05) is 0 Å². The summed E-state index contributed by atoms with van der Waals surface area (Å²) in [6.45, 7) is 4.69. The minimum atomic E-state index is -0.0955. The summed E-state index contributed by atoms with van der Waals surface area (Å²) in [5.74, 6) is 0.244. The Hall–Kier alpha value is -1.57. The van der Waals surface area contributed by atoms with Crippen molar-refractivity contribution in [3.63, 3.8) is 0 Å². The van der Waals surface area contributed by atoms with Gasteiger partial charge in [0.15, 0.2) is 0 Å². The van der Waals surface area contributed by atoms with E-state index in [1.165, 1.54) is 0 Å². The molecule has 0 bridgehead atoms. The number of amides is 1. The first kappa shape index (κ1) is 13.9. The number of aliphatic hydroxyl groups excluding tert-OH is 1. The van der Waals surface area contributed by atoms with E-state index in [9.17, 15) is 4.79 Å². The molecule has 1 saturated heterocycles. The number of hydrogen-bond acceptors (Lipinski definition) is 6. The van der Waals surface area contributed by atoms with Crippen LogP contribution >= 0.6 is 0 Å². The Kier molecular flexibility index (Phi) is 5.20. The molecule has 1 amide bonds. The van der Waals surface area contributed by atoms with Crippen LogP contribution in [0.25, 0.3) is 0 Å². The molecule has 2 N–H and O–H groups in total. The van der Waals surface area contributed by atoms with Gasteiger partial charge in [0, 0.05) is 45.1 Å². The molecule has 1 aliphatic rings. The lowest BCUT2D eigenvalue weighted by atomic mass is 10.3. The fourth-order valence-electron chi connectivity index (χ4n) is 2.04. The van der Waals surface area contributed by atoms with Gasteiger partial charge in [-0.25, -0.2) is 9.97 Å². The molecule has 0 atom stereocenters. The van der Waals surface area contributed by atoms with E-state index in [4.69, 9.17) is 5.11 Å². The number of β-amino-alcohol motifs (C(OH)–C–C–N with tert-alkyl or cyclic N) is 1. The molecular formula is C12H19N5O2. The van der Waals surface area contributed by atoms with E-state index in [1.807, 2.05) is 0 Å². The maximum absolute atomic E-state index is 11.8. The van der Waals surface area contributed by atoms with Gasteiger partial charge in [-0.05, 0) is 6.07 Å². The molecule has 1 aromatic heterocycles. The zero-order valence-corrected chi connectivity index (χ0v) is 10.8. The van der Waals surface area contributed by atoms with Crippen molar-refractivity contribution in [2.24, 2.45) is 0 Å². The number of aliphatic hydroxyl groups is 1. The van der Waals surface area contributed by atoms with Crippen molar-refractivity contribution in [3.05, 3.63) is 18.5 Å². The first-order chi connectivity index (χ1) is 9.28. The zero-order chi connectivity index (χ0) is 13.5. The molecule has 0 aliphatic carbocycles. The average molecular weight is 265 g/mol. The minimum absolute atomic E-state index is 0.0955. The fourth-order valence-corrected chi connectivity index (χ4v) is 2.04. The molecule has 0 aromatic carbocycles. The van der Waals surface area contributed by atoms with Gasteiger partial charge in [0.2, 0.25) is 11.9 Å². The van der Waals surface area contributed by atoms with Crippen LogP contribution in [0.15, 0.2) is 18.5 Å². The van der Waals surface area contributed by atoms with Crippen LogP contribution in [0, 0.1) is 0 Å². The minimum Gasteiger partial charge on any atom is -0.395 e. The van der Waals surface area contributed by atoms with E-state index >= 15 is 0 Å². The van der Waals surface area contributed by atoms with Gasteiger partial charge >= 0.3 is 0 Å². The summed E-state index contributed by atoms with van der Waals surface area (Å²) >= 11 is 0. The normalized spacial score (nSPS) is 17.3. The number of piperazine rings is 1. The summed E-state index contributed by atoms with van der Waals surface area (Å²) in [7, 11) is 0. The third kappa shape index (κ3) is 4.55. The maximum Gasteiger partial charge on any atom is 0.240 e. The molecule has 7 heteroatoms. The van der Waals surface area contributed by atoms with Gasteiger partial charge in [-0.2, -0.15) is 0 Å². The van der Waals surface area contributed by atoms with Crippen molar-refractivity contribution in [3.8, 4) is 0 Å². The average Bonchev–Trinajstić information content (AvgIpc) is 2.42. The highest BCUT2D eigenvalue weighted by atomic mass is 16.3. The predicted octanol–water partition coefficient (Wildman–Crippen LogP) is -0.975. The molecule has 2 heterocycles. The van der Waals surface area contributed by atoms with Crippen LogP contribution in [-0.4, -0.2) is 76.7 Å². The van der Waals surface area contributed by atoms with Gasteiger partial charge in [-0.3, -0.25) is 19.9 Å². The first-order valence-electron chi connectivity index (χ1n) is 6.40. The van der Waals surface area contributed by atoms with Crippen LogP contribution in [0.1, 0.15) is 0 Å². The number of carbonyl (C=O) groups is 1. The van der Waals surface area contributed by atoms with Crippen molar-refractivity contribution in [2.45, 2.75) is 0 Å². The molecule has 0 saturated carbocycles. The lowest BCUT2D eigenvalue weighted by Gasteiger charge is -2.33. The standard InChI is InChI=1S/C12H19N5O2/c18-9-8-16-4-6-17(7-5-16)10-11(19)15-12-13-2-1-3-14-12/h1-3,18H,4-10H2,(H,13,14,15,19). The quantitative estimate of drug-likeness (QED) is 0.712. The van der Waals surface area contributed by atoms with Crippen LogP contribution in [0.5, 0.6) is 0 Å². The fraction of sp³-hybridized carbons (Fsp3) is 0.583. The number of aromatic nitrogens is 2. The maximum atomic E-state index is 11.8. The summed E-state index contributed by atoms with van der Waals surface area (Å²) in [6, 6.07) is 1.70. The van der Waals surface area contributed by atoms with E-state index in [0.29, 0.717) is 19.0 Å². The summed E-state index contributed by atoms with van der Waals surface area (Å²) in [5.41, 5.74) is 0. The van der Waals surface area contributed by atoms with Crippen molar-refractivity contribution < 1.29 is 9.90 Å². The molecule has 7 nitrogen and oxygen atoms in total. The number of anilines is 1. The Morgan fingerprint density at radius 1 is 1.21 bits per heavy atom. The highest BCUT2D eigenvalue weighted by Gasteiger charge is 2.18. The van der Waals surface area contributed by atoms with Gasteiger partial charge in [0.05, 0.1) is 13.2 Å². The Bertz CT molecular complexity index is 392. The summed E-state index contributed by atoms with van der Waals surface area (Å²) < 4.78 is 0. The highest BCUT2D eigenvalue weighted by molar-refractivity contribution is 5.90. The van der Waals surface area contributed by atoms with Crippen LogP contribution in [0.4, 0.5) is 5.95 Å². The van der Waals surface area contributed by atoms with E-state index in [0.717, 1.165) is 26.2 Å². The zero-order valence-electron chi connectivity index (χ0n) is 10.8. The van der Waals surface area contributed by atoms with Crippen molar-refractivity contribution in [1.82, 2.24) is 19.8 Å². The number of rotatable bonds is 5. The van der Waals surface area contributed by atoms with Crippen molar-refractivity contribution in [2.75, 3.05) is 51.2 Å². The highest BCUT2D eigenvalue weighted by Crippen LogP contribution is 2.02. The molecule has 2 rings (SSSR count). The molecule has 0 spiro atoms. The Morgan fingerprint density at radius 3 is 2.47 bits per heavy atom. The van der Waals surface area contributed by atoms with E-state index in [-0.39, 0.29) is 12.5 Å². The summed E-state index contributed by atoms with van der Waals surface area (Å²) in [5, 5.41) is 11.5. The van der Waals surface area contributed by atoms with Crippen molar-refractivity contribution in [1.29, 1.82) is 0 Å². The largest absolute Gasteiger partial charge is 0.395 e. The lowest BCUT2D eigenvalue weighted by molar-refractivity contribution is -0.117. The molecule has 1 fully saturated rings. The van der Waals surface area contributed by atoms with E-state index < -0.39 is 0 Å². The third-order valence-corrected chi connectivity index (χ3v) is 3.07. The Morgan fingerprint density at radius 2 is 1.84 bits per heavy atom. The second-order valence-electron chi connectivity index (χ2n) is 4.46. The molecule has 0 radical (unpaired) electrons. The van der Waals surface area contributed by atoms with Crippen molar-refractivity contribution >= 4 is 11.9 Å². The van der Waals surface area contributed by atoms with E-state index in [1.54, 1.807) is 18.5 Å².